The summed E-state index contributed by atoms with van der Waals surface area (Å²) in [5.41, 5.74) is 1.37. The summed E-state index contributed by atoms with van der Waals surface area (Å²) in [5, 5.41) is 3.09. The summed E-state index contributed by atoms with van der Waals surface area (Å²) in [7, 11) is -0.747. The van der Waals surface area contributed by atoms with Crippen LogP contribution in [0.2, 0.25) is 5.02 Å². The van der Waals surface area contributed by atoms with Crippen LogP contribution in [0.3, 0.4) is 0 Å². The van der Waals surface area contributed by atoms with E-state index in [2.05, 4.69) is 5.32 Å². The highest BCUT2D eigenvalue weighted by Crippen LogP contribution is 2.27. The molecule has 29 heavy (non-hydrogen) atoms. The fourth-order valence-corrected chi connectivity index (χ4v) is 4.11. The summed E-state index contributed by atoms with van der Waals surface area (Å²) in [4.78, 5) is 12.5. The third-order valence-electron chi connectivity index (χ3n) is 4.30. The number of nitrogens with zero attached hydrogens (tertiary/aromatic N) is 1. The van der Waals surface area contributed by atoms with Gasteiger partial charge in [0.05, 0.1) is 22.7 Å². The van der Waals surface area contributed by atoms with Crippen LogP contribution < -0.4 is 14.4 Å². The number of benzene rings is 3. The van der Waals surface area contributed by atoms with Crippen LogP contribution in [0.5, 0.6) is 5.75 Å². The molecular weight excluding hydrogens is 412 g/mol. The van der Waals surface area contributed by atoms with Crippen molar-refractivity contribution < 1.29 is 17.9 Å². The molecule has 0 atom stereocenters. The van der Waals surface area contributed by atoms with E-state index in [0.717, 1.165) is 0 Å². The van der Waals surface area contributed by atoms with Crippen LogP contribution in [-0.4, -0.2) is 28.5 Å². The molecule has 1 N–H and O–H groups in total. The molecule has 3 aromatic carbocycles. The van der Waals surface area contributed by atoms with Gasteiger partial charge in [0.15, 0.2) is 0 Å². The minimum absolute atomic E-state index is 0.0906. The molecule has 3 rings (SSSR count). The molecule has 0 saturated carbocycles. The number of ether oxygens (including phenoxy) is 1. The Balaban J connectivity index is 1.77. The molecule has 0 bridgehead atoms. The highest BCUT2D eigenvalue weighted by Gasteiger charge is 2.21. The number of methoxy groups -OCH3 is 1. The lowest BCUT2D eigenvalue weighted by molar-refractivity contribution is 0.102. The maximum absolute atomic E-state index is 12.8. The largest absolute Gasteiger partial charge is 0.495 e. The lowest BCUT2D eigenvalue weighted by Crippen LogP contribution is -2.26. The number of hydrogen-bond acceptors (Lipinski definition) is 4. The summed E-state index contributed by atoms with van der Waals surface area (Å²) in [6.45, 7) is 0. The molecular formula is C21H19ClN2O4S. The molecule has 0 aromatic heterocycles. The number of rotatable bonds is 6. The van der Waals surface area contributed by atoms with Crippen molar-refractivity contribution in [2.75, 3.05) is 23.8 Å². The molecule has 0 aliphatic carbocycles. The van der Waals surface area contributed by atoms with Crippen molar-refractivity contribution >= 4 is 38.9 Å². The lowest BCUT2D eigenvalue weighted by atomic mass is 10.2. The standard InChI is InChI=1S/C21H19ClN2O4S/c1-24(17-6-4-3-5-7-17)29(26,27)18-11-8-15(9-12-18)21(25)23-16-10-13-20(28-2)19(22)14-16/h3-14H,1-2H3,(H,23,25). The number of carbonyl (C=O) groups is 1. The van der Waals surface area contributed by atoms with E-state index in [1.54, 1.807) is 42.5 Å². The summed E-state index contributed by atoms with van der Waals surface area (Å²) >= 11 is 6.06. The Hall–Kier alpha value is -3.03. The summed E-state index contributed by atoms with van der Waals surface area (Å²) < 4.78 is 31.9. The molecule has 0 heterocycles. The van der Waals surface area contributed by atoms with Crippen molar-refractivity contribution in [3.05, 3.63) is 83.4 Å². The number of para-hydroxylation sites is 1. The predicted octanol–water partition coefficient (Wildman–Crippen LogP) is 4.43. The molecule has 0 saturated heterocycles. The van der Waals surface area contributed by atoms with Crippen molar-refractivity contribution in [2.45, 2.75) is 4.90 Å². The van der Waals surface area contributed by atoms with Crippen molar-refractivity contribution in [1.82, 2.24) is 0 Å². The van der Waals surface area contributed by atoms with Crippen molar-refractivity contribution in [2.24, 2.45) is 0 Å². The van der Waals surface area contributed by atoms with Gasteiger partial charge in [-0.3, -0.25) is 9.10 Å². The molecule has 1 amide bonds. The van der Waals surface area contributed by atoms with Crippen molar-refractivity contribution in [1.29, 1.82) is 0 Å². The first-order valence-electron chi connectivity index (χ1n) is 8.62. The van der Waals surface area contributed by atoms with Crippen LogP contribution in [0.15, 0.2) is 77.7 Å². The molecule has 0 aliphatic rings. The van der Waals surface area contributed by atoms with Gasteiger partial charge in [-0.15, -0.1) is 0 Å². The Morgan fingerprint density at radius 3 is 2.24 bits per heavy atom. The summed E-state index contributed by atoms with van der Waals surface area (Å²) in [6.07, 6.45) is 0. The van der Waals surface area contributed by atoms with E-state index in [9.17, 15) is 13.2 Å². The number of amides is 1. The van der Waals surface area contributed by atoms with E-state index >= 15 is 0 Å². The van der Waals surface area contributed by atoms with Gasteiger partial charge in [0.2, 0.25) is 0 Å². The van der Waals surface area contributed by atoms with Gasteiger partial charge in [-0.1, -0.05) is 29.8 Å². The predicted molar refractivity (Wildman–Crippen MR) is 114 cm³/mol. The van der Waals surface area contributed by atoms with E-state index in [1.807, 2.05) is 6.07 Å². The fraction of sp³-hybridized carbons (Fsp3) is 0.0952. The average Bonchev–Trinajstić information content (AvgIpc) is 2.74. The zero-order valence-electron chi connectivity index (χ0n) is 15.8. The molecule has 150 valence electrons. The van der Waals surface area contributed by atoms with Crippen LogP contribution in [0.25, 0.3) is 0 Å². The second-order valence-corrected chi connectivity index (χ2v) is 8.51. The highest BCUT2D eigenvalue weighted by atomic mass is 35.5. The Kier molecular flexibility index (Phi) is 6.10. The first kappa shape index (κ1) is 20.7. The molecule has 0 spiro atoms. The smallest absolute Gasteiger partial charge is 0.264 e. The summed E-state index contributed by atoms with van der Waals surface area (Å²) in [6, 6.07) is 19.4. The number of nitrogens with one attached hydrogen (secondary N) is 1. The topological polar surface area (TPSA) is 75.7 Å². The summed E-state index contributed by atoms with van der Waals surface area (Å²) in [5.74, 6) is 0.119. The van der Waals surface area contributed by atoms with Crippen LogP contribution in [-0.2, 0) is 10.0 Å². The molecule has 0 aliphatic heterocycles. The normalized spacial score (nSPS) is 11.0. The molecule has 0 unspecified atom stereocenters. The van der Waals surface area contributed by atoms with Gasteiger partial charge >= 0.3 is 0 Å². The van der Waals surface area contributed by atoms with Gasteiger partial charge in [0.25, 0.3) is 15.9 Å². The zero-order valence-corrected chi connectivity index (χ0v) is 17.4. The average molecular weight is 431 g/mol. The molecule has 3 aromatic rings. The molecule has 6 nitrogen and oxygen atoms in total. The second-order valence-electron chi connectivity index (χ2n) is 6.14. The van der Waals surface area contributed by atoms with Crippen LogP contribution in [0.4, 0.5) is 11.4 Å². The third-order valence-corrected chi connectivity index (χ3v) is 6.40. The molecule has 0 fully saturated rings. The number of carbonyl (C=O) groups excluding carboxylic acids is 1. The second kappa shape index (κ2) is 8.55. The Morgan fingerprint density at radius 1 is 1.00 bits per heavy atom. The third kappa shape index (κ3) is 4.52. The van der Waals surface area contributed by atoms with Gasteiger partial charge in [-0.25, -0.2) is 8.42 Å². The fourth-order valence-electron chi connectivity index (χ4n) is 2.66. The van der Waals surface area contributed by atoms with E-state index in [0.29, 0.717) is 27.7 Å². The van der Waals surface area contributed by atoms with Crippen molar-refractivity contribution in [3.8, 4) is 5.75 Å². The number of hydrogen-bond donors (Lipinski definition) is 1. The number of anilines is 2. The maximum Gasteiger partial charge on any atom is 0.264 e. The quantitative estimate of drug-likeness (QED) is 0.627. The zero-order chi connectivity index (χ0) is 21.0. The van der Waals surface area contributed by atoms with Gasteiger partial charge in [0, 0.05) is 18.3 Å². The van der Waals surface area contributed by atoms with Gasteiger partial charge in [-0.05, 0) is 54.6 Å². The van der Waals surface area contributed by atoms with Crippen LogP contribution in [0, 0.1) is 0 Å². The van der Waals surface area contributed by atoms with E-state index in [4.69, 9.17) is 16.3 Å². The highest BCUT2D eigenvalue weighted by molar-refractivity contribution is 7.92. The molecule has 8 heteroatoms. The van der Waals surface area contributed by atoms with Crippen LogP contribution in [0.1, 0.15) is 10.4 Å². The minimum atomic E-state index is -3.74. The van der Waals surface area contributed by atoms with Gasteiger partial charge in [-0.2, -0.15) is 0 Å². The van der Waals surface area contributed by atoms with Gasteiger partial charge < -0.3 is 10.1 Å². The SMILES string of the molecule is COc1ccc(NC(=O)c2ccc(S(=O)(=O)N(C)c3ccccc3)cc2)cc1Cl. The molecule has 0 radical (unpaired) electrons. The first-order valence-corrected chi connectivity index (χ1v) is 10.4. The number of sulfonamides is 1. The van der Waals surface area contributed by atoms with Crippen molar-refractivity contribution in [3.63, 3.8) is 0 Å². The van der Waals surface area contributed by atoms with Gasteiger partial charge in [0.1, 0.15) is 5.75 Å². The lowest BCUT2D eigenvalue weighted by Gasteiger charge is -2.19. The minimum Gasteiger partial charge on any atom is -0.495 e. The van der Waals surface area contributed by atoms with E-state index in [1.165, 1.54) is 42.7 Å². The Morgan fingerprint density at radius 2 is 1.66 bits per heavy atom. The maximum atomic E-state index is 12.8. The van der Waals surface area contributed by atoms with E-state index < -0.39 is 10.0 Å². The van der Waals surface area contributed by atoms with E-state index in [-0.39, 0.29) is 10.8 Å². The number of halogens is 1. The monoisotopic (exact) mass is 430 g/mol. The Labute approximate surface area is 174 Å². The first-order chi connectivity index (χ1) is 13.8. The Bertz CT molecular complexity index is 1120. The van der Waals surface area contributed by atoms with Crippen LogP contribution >= 0.6 is 11.6 Å².